The van der Waals surface area contributed by atoms with Crippen molar-refractivity contribution in [2.45, 2.75) is 33.8 Å². The molecular formula is C20H22F2N4O4. The Labute approximate surface area is 172 Å². The zero-order valence-corrected chi connectivity index (χ0v) is 17.3. The number of aromatic nitrogens is 2. The number of benzene rings is 1. The number of alkyl halides is 2. The van der Waals surface area contributed by atoms with Crippen LogP contribution in [0, 0.1) is 13.8 Å². The fourth-order valence-electron chi connectivity index (χ4n) is 2.63. The Morgan fingerprint density at radius 1 is 1.17 bits per heavy atom. The summed E-state index contributed by atoms with van der Waals surface area (Å²) in [6.45, 7) is 4.93. The molecule has 0 saturated heterocycles. The van der Waals surface area contributed by atoms with E-state index in [0.29, 0.717) is 16.8 Å². The third-order valence-electron chi connectivity index (χ3n) is 4.09. The molecule has 1 aromatic heterocycles. The van der Waals surface area contributed by atoms with Gasteiger partial charge in [-0.3, -0.25) is 0 Å². The van der Waals surface area contributed by atoms with Crippen molar-refractivity contribution in [3.8, 4) is 0 Å². The quantitative estimate of drug-likeness (QED) is 0.369. The zero-order chi connectivity index (χ0) is 22.3. The molecule has 30 heavy (non-hydrogen) atoms. The van der Waals surface area contributed by atoms with Crippen molar-refractivity contribution in [2.24, 2.45) is 10.3 Å². The molecule has 0 bridgehead atoms. The fourth-order valence-corrected chi connectivity index (χ4v) is 2.63. The molecule has 0 amide bonds. The number of carbonyl (C=O) groups is 1. The van der Waals surface area contributed by atoms with Crippen molar-refractivity contribution in [1.29, 1.82) is 0 Å². The van der Waals surface area contributed by atoms with Crippen LogP contribution >= 0.6 is 0 Å². The molecule has 0 saturated carbocycles. The monoisotopic (exact) mass is 420 g/mol. The second-order valence-corrected chi connectivity index (χ2v) is 6.19. The highest BCUT2D eigenvalue weighted by molar-refractivity contribution is 6.43. The van der Waals surface area contributed by atoms with Crippen molar-refractivity contribution in [3.63, 3.8) is 0 Å². The number of carbonyl (C=O) groups excluding carboxylic acids is 1. The average Bonchev–Trinajstić information content (AvgIpc) is 2.72. The number of halogens is 2. The second kappa shape index (κ2) is 10.4. The van der Waals surface area contributed by atoms with E-state index in [4.69, 9.17) is 14.4 Å². The summed E-state index contributed by atoms with van der Waals surface area (Å²) in [5.41, 5.74) is 2.07. The largest absolute Gasteiger partial charge is 0.464 e. The molecule has 8 nitrogen and oxygen atoms in total. The minimum Gasteiger partial charge on any atom is -0.464 e. The summed E-state index contributed by atoms with van der Waals surface area (Å²) in [6, 6.07) is 6.44. The minimum absolute atomic E-state index is 0.00908. The molecule has 0 N–H and O–H groups in total. The molecule has 0 spiro atoms. The first-order valence-corrected chi connectivity index (χ1v) is 8.87. The number of hydrogen-bond acceptors (Lipinski definition) is 8. The van der Waals surface area contributed by atoms with Crippen LogP contribution in [-0.4, -0.2) is 41.6 Å². The van der Waals surface area contributed by atoms with Crippen LogP contribution in [0.15, 0.2) is 34.6 Å². The van der Waals surface area contributed by atoms with Gasteiger partial charge in [-0.25, -0.2) is 23.5 Å². The summed E-state index contributed by atoms with van der Waals surface area (Å²) in [4.78, 5) is 30.1. The molecule has 1 heterocycles. The number of rotatable bonds is 8. The maximum absolute atomic E-state index is 13.0. The first-order valence-electron chi connectivity index (χ1n) is 8.87. The Balaban J connectivity index is 2.30. The number of esters is 1. The first-order chi connectivity index (χ1) is 14.3. The van der Waals surface area contributed by atoms with Gasteiger partial charge in [-0.1, -0.05) is 28.5 Å². The van der Waals surface area contributed by atoms with Crippen molar-refractivity contribution in [1.82, 2.24) is 9.97 Å². The molecule has 0 atom stereocenters. The van der Waals surface area contributed by atoms with Crippen LogP contribution in [0.2, 0.25) is 0 Å². The lowest BCUT2D eigenvalue weighted by molar-refractivity contribution is -0.132. The van der Waals surface area contributed by atoms with Gasteiger partial charge in [-0.2, -0.15) is 0 Å². The third-order valence-corrected chi connectivity index (χ3v) is 4.09. The second-order valence-electron chi connectivity index (χ2n) is 6.19. The topological polar surface area (TPSA) is 95.3 Å². The van der Waals surface area contributed by atoms with E-state index in [0.717, 1.165) is 5.56 Å². The summed E-state index contributed by atoms with van der Waals surface area (Å²) in [6.07, 6.45) is -2.72. The lowest BCUT2D eigenvalue weighted by Gasteiger charge is -2.12. The number of oxime groups is 2. The van der Waals surface area contributed by atoms with Crippen molar-refractivity contribution >= 4 is 17.4 Å². The van der Waals surface area contributed by atoms with Crippen molar-refractivity contribution in [3.05, 3.63) is 58.2 Å². The van der Waals surface area contributed by atoms with Gasteiger partial charge in [-0.15, -0.1) is 0 Å². The SMILES string of the molecule is CO/N=C(/C(=O)OC)c1cccc(C)c1CO/N=C(\C)c1cc(C(F)F)nc(C)n1. The number of aryl methyl sites for hydroxylation is 2. The molecule has 2 rings (SSSR count). The number of ether oxygens (including phenoxy) is 1. The van der Waals surface area contributed by atoms with Gasteiger partial charge in [0, 0.05) is 11.1 Å². The predicted octanol–water partition coefficient (Wildman–Crippen LogP) is 3.50. The van der Waals surface area contributed by atoms with E-state index < -0.39 is 12.4 Å². The molecule has 0 aliphatic heterocycles. The van der Waals surface area contributed by atoms with E-state index in [2.05, 4.69) is 20.3 Å². The first kappa shape index (κ1) is 22.9. The van der Waals surface area contributed by atoms with Crippen LogP contribution in [0.3, 0.4) is 0 Å². The normalized spacial score (nSPS) is 12.1. The van der Waals surface area contributed by atoms with Crippen LogP contribution in [0.25, 0.3) is 0 Å². The van der Waals surface area contributed by atoms with Gasteiger partial charge in [0.05, 0.1) is 12.8 Å². The predicted molar refractivity (Wildman–Crippen MR) is 105 cm³/mol. The van der Waals surface area contributed by atoms with E-state index in [1.54, 1.807) is 19.1 Å². The van der Waals surface area contributed by atoms with Crippen LogP contribution in [0.1, 0.15) is 47.3 Å². The van der Waals surface area contributed by atoms with Gasteiger partial charge in [0.15, 0.2) is 5.71 Å². The van der Waals surface area contributed by atoms with Gasteiger partial charge in [0.25, 0.3) is 6.43 Å². The highest BCUT2D eigenvalue weighted by Gasteiger charge is 2.21. The van der Waals surface area contributed by atoms with Gasteiger partial charge < -0.3 is 14.4 Å². The smallest absolute Gasteiger partial charge is 0.360 e. The van der Waals surface area contributed by atoms with Crippen molar-refractivity contribution in [2.75, 3.05) is 14.2 Å². The van der Waals surface area contributed by atoms with Gasteiger partial charge in [0.1, 0.15) is 30.9 Å². The van der Waals surface area contributed by atoms with E-state index >= 15 is 0 Å². The summed E-state index contributed by atoms with van der Waals surface area (Å²) in [7, 11) is 2.56. The molecule has 160 valence electrons. The summed E-state index contributed by atoms with van der Waals surface area (Å²) in [5.74, 6) is -0.462. The lowest BCUT2D eigenvalue weighted by atomic mass is 9.99. The fraction of sp³-hybridized carbons (Fsp3) is 0.350. The highest BCUT2D eigenvalue weighted by atomic mass is 19.3. The average molecular weight is 420 g/mol. The molecule has 0 aliphatic carbocycles. The number of methoxy groups -OCH3 is 1. The maximum atomic E-state index is 13.0. The standard InChI is InChI=1S/C20H22F2N4O4/c1-11-7-6-8-14(18(26-29-5)20(27)28-4)15(11)10-30-25-12(2)16-9-17(19(21)22)24-13(3)23-16/h6-9,19H,10H2,1-5H3/b25-12+,26-18+. The van der Waals surface area contributed by atoms with Crippen molar-refractivity contribution < 1.29 is 28.0 Å². The summed E-state index contributed by atoms with van der Waals surface area (Å²) in [5, 5.41) is 7.73. The van der Waals surface area contributed by atoms with Crippen LogP contribution < -0.4 is 0 Å². The number of nitrogens with zero attached hydrogens (tertiary/aromatic N) is 4. The molecule has 0 radical (unpaired) electrons. The minimum atomic E-state index is -2.72. The molecular weight excluding hydrogens is 398 g/mol. The Morgan fingerprint density at radius 2 is 1.90 bits per heavy atom. The van der Waals surface area contributed by atoms with Gasteiger partial charge >= 0.3 is 5.97 Å². The Bertz CT molecular complexity index is 977. The van der Waals surface area contributed by atoms with Crippen LogP contribution in [0.4, 0.5) is 8.78 Å². The molecule has 0 aliphatic rings. The number of hydrogen-bond donors (Lipinski definition) is 0. The Hall–Kier alpha value is -3.43. The molecule has 0 unspecified atom stereocenters. The summed E-state index contributed by atoms with van der Waals surface area (Å²) < 4.78 is 30.7. The molecule has 0 fully saturated rings. The van der Waals surface area contributed by atoms with Gasteiger partial charge in [-0.05, 0) is 32.4 Å². The third kappa shape index (κ3) is 5.56. The Morgan fingerprint density at radius 3 is 2.53 bits per heavy atom. The molecule has 1 aromatic carbocycles. The molecule has 2 aromatic rings. The van der Waals surface area contributed by atoms with Gasteiger partial charge in [0.2, 0.25) is 0 Å². The zero-order valence-electron chi connectivity index (χ0n) is 17.3. The van der Waals surface area contributed by atoms with Crippen LogP contribution in [0.5, 0.6) is 0 Å². The summed E-state index contributed by atoms with van der Waals surface area (Å²) >= 11 is 0. The van der Waals surface area contributed by atoms with E-state index in [1.807, 2.05) is 13.0 Å². The maximum Gasteiger partial charge on any atom is 0.360 e. The Kier molecular flexibility index (Phi) is 7.90. The lowest BCUT2D eigenvalue weighted by Crippen LogP contribution is -2.20. The van der Waals surface area contributed by atoms with E-state index in [9.17, 15) is 13.6 Å². The van der Waals surface area contributed by atoms with Crippen LogP contribution in [-0.2, 0) is 25.8 Å². The van der Waals surface area contributed by atoms with E-state index in [-0.39, 0.29) is 29.5 Å². The molecule has 10 heteroatoms. The highest BCUT2D eigenvalue weighted by Crippen LogP contribution is 2.19. The van der Waals surface area contributed by atoms with E-state index in [1.165, 1.54) is 27.2 Å².